The fourth-order valence-electron chi connectivity index (χ4n) is 1.42. The lowest BCUT2D eigenvalue weighted by molar-refractivity contribution is -0.137. The molecule has 1 saturated heterocycles. The summed E-state index contributed by atoms with van der Waals surface area (Å²) in [5.41, 5.74) is 5.36. The van der Waals surface area contributed by atoms with E-state index in [9.17, 15) is 4.79 Å². The standard InChI is InChI=1S/C9H12N2OS/c10-4-1-2-7-3-5-11-8(12)6-9(11)13-7/h1-3,5,7,9H,4,6,10H2/t7?,9-/m1/s1. The smallest absolute Gasteiger partial charge is 0.230 e. The Morgan fingerprint density at radius 3 is 3.23 bits per heavy atom. The Balaban J connectivity index is 1.97. The van der Waals surface area contributed by atoms with Crippen LogP contribution in [0.25, 0.3) is 0 Å². The summed E-state index contributed by atoms with van der Waals surface area (Å²) in [6, 6.07) is 0. The van der Waals surface area contributed by atoms with Crippen LogP contribution < -0.4 is 5.73 Å². The van der Waals surface area contributed by atoms with Crippen molar-refractivity contribution in [3.8, 4) is 0 Å². The number of amides is 1. The molecule has 0 radical (unpaired) electrons. The lowest BCUT2D eigenvalue weighted by atomic mass is 10.2. The molecular formula is C9H12N2OS. The van der Waals surface area contributed by atoms with Gasteiger partial charge in [-0.05, 0) is 0 Å². The molecule has 0 spiro atoms. The number of β-lactam (4-membered cyclic amide) rings is 1. The van der Waals surface area contributed by atoms with Gasteiger partial charge in [0.25, 0.3) is 0 Å². The minimum Gasteiger partial charge on any atom is -0.327 e. The van der Waals surface area contributed by atoms with Crippen molar-refractivity contribution in [2.75, 3.05) is 6.54 Å². The van der Waals surface area contributed by atoms with Gasteiger partial charge in [-0.2, -0.15) is 0 Å². The molecule has 1 unspecified atom stereocenters. The van der Waals surface area contributed by atoms with Crippen LogP contribution in [0.3, 0.4) is 0 Å². The van der Waals surface area contributed by atoms with Gasteiger partial charge in [-0.25, -0.2) is 0 Å². The van der Waals surface area contributed by atoms with E-state index in [0.717, 1.165) is 0 Å². The van der Waals surface area contributed by atoms with Crippen molar-refractivity contribution >= 4 is 17.7 Å². The van der Waals surface area contributed by atoms with E-state index in [4.69, 9.17) is 5.73 Å². The van der Waals surface area contributed by atoms with E-state index in [-0.39, 0.29) is 5.91 Å². The SMILES string of the molecule is NCC=CC1C=CN2C(=O)C[C@H]2S1. The summed E-state index contributed by atoms with van der Waals surface area (Å²) in [6.45, 7) is 0.582. The first-order chi connectivity index (χ1) is 6.31. The molecule has 1 fully saturated rings. The van der Waals surface area contributed by atoms with Crippen molar-refractivity contribution in [1.82, 2.24) is 4.90 Å². The normalized spacial score (nSPS) is 32.1. The van der Waals surface area contributed by atoms with E-state index in [1.54, 1.807) is 16.7 Å². The molecule has 2 atom stereocenters. The molecule has 0 aromatic rings. The zero-order valence-corrected chi connectivity index (χ0v) is 8.04. The minimum atomic E-state index is 0.231. The van der Waals surface area contributed by atoms with Gasteiger partial charge in [-0.15, -0.1) is 11.8 Å². The van der Waals surface area contributed by atoms with E-state index in [2.05, 4.69) is 6.08 Å². The average Bonchev–Trinajstić information content (AvgIpc) is 2.13. The lowest BCUT2D eigenvalue weighted by Gasteiger charge is -2.41. The highest BCUT2D eigenvalue weighted by atomic mass is 32.2. The highest BCUT2D eigenvalue weighted by molar-refractivity contribution is 8.00. The molecule has 4 heteroatoms. The quantitative estimate of drug-likeness (QED) is 0.522. The molecule has 2 rings (SSSR count). The van der Waals surface area contributed by atoms with Crippen molar-refractivity contribution in [3.05, 3.63) is 24.4 Å². The number of nitrogens with zero attached hydrogens (tertiary/aromatic N) is 1. The zero-order valence-electron chi connectivity index (χ0n) is 7.22. The second kappa shape index (κ2) is 3.55. The van der Waals surface area contributed by atoms with Gasteiger partial charge in [0.2, 0.25) is 5.91 Å². The summed E-state index contributed by atoms with van der Waals surface area (Å²) >= 11 is 1.80. The van der Waals surface area contributed by atoms with Gasteiger partial charge in [0.1, 0.15) is 0 Å². The number of carbonyl (C=O) groups is 1. The highest BCUT2D eigenvalue weighted by Crippen LogP contribution is 2.37. The molecule has 0 aromatic heterocycles. The van der Waals surface area contributed by atoms with Crippen molar-refractivity contribution in [2.24, 2.45) is 5.73 Å². The molecule has 1 amide bonds. The van der Waals surface area contributed by atoms with Crippen LogP contribution in [0.4, 0.5) is 0 Å². The molecule has 2 aliphatic heterocycles. The molecule has 0 aliphatic carbocycles. The molecule has 2 aliphatic rings. The number of fused-ring (bicyclic) bond motifs is 1. The molecule has 3 nitrogen and oxygen atoms in total. The minimum absolute atomic E-state index is 0.231. The van der Waals surface area contributed by atoms with Crippen LogP contribution in [0.2, 0.25) is 0 Å². The summed E-state index contributed by atoms with van der Waals surface area (Å²) in [4.78, 5) is 12.8. The largest absolute Gasteiger partial charge is 0.327 e. The predicted molar refractivity (Wildman–Crippen MR) is 54.0 cm³/mol. The van der Waals surface area contributed by atoms with E-state index in [1.165, 1.54) is 0 Å². The Morgan fingerprint density at radius 1 is 1.77 bits per heavy atom. The molecule has 2 heterocycles. The number of thioether (sulfide) groups is 1. The van der Waals surface area contributed by atoms with Crippen molar-refractivity contribution in [1.29, 1.82) is 0 Å². The summed E-state index contributed by atoms with van der Waals surface area (Å²) < 4.78 is 0. The Kier molecular flexibility index (Phi) is 2.42. The number of nitrogens with two attached hydrogens (primary N) is 1. The van der Waals surface area contributed by atoms with Gasteiger partial charge in [-0.1, -0.05) is 18.2 Å². The summed E-state index contributed by atoms with van der Waals surface area (Å²) in [5.74, 6) is 0.231. The summed E-state index contributed by atoms with van der Waals surface area (Å²) in [5, 5.41) is 0.753. The molecule has 0 saturated carbocycles. The number of rotatable bonds is 2. The van der Waals surface area contributed by atoms with Crippen molar-refractivity contribution in [3.63, 3.8) is 0 Å². The van der Waals surface area contributed by atoms with Crippen LogP contribution in [0.1, 0.15) is 6.42 Å². The highest BCUT2D eigenvalue weighted by Gasteiger charge is 2.38. The topological polar surface area (TPSA) is 46.3 Å². The van der Waals surface area contributed by atoms with Crippen LogP contribution in [0.5, 0.6) is 0 Å². The second-order valence-corrected chi connectivity index (χ2v) is 4.43. The Labute approximate surface area is 81.7 Å². The summed E-state index contributed by atoms with van der Waals surface area (Å²) in [7, 11) is 0. The van der Waals surface area contributed by atoms with Crippen molar-refractivity contribution in [2.45, 2.75) is 17.0 Å². The van der Waals surface area contributed by atoms with Gasteiger partial charge in [0.15, 0.2) is 0 Å². The maximum absolute atomic E-state index is 11.0. The zero-order chi connectivity index (χ0) is 9.26. The van der Waals surface area contributed by atoms with Crippen LogP contribution in [0, 0.1) is 0 Å². The Bertz CT molecular complexity index is 275. The van der Waals surface area contributed by atoms with Gasteiger partial charge in [0, 0.05) is 18.0 Å². The van der Waals surface area contributed by atoms with Crippen LogP contribution in [0.15, 0.2) is 24.4 Å². The van der Waals surface area contributed by atoms with Crippen LogP contribution >= 0.6 is 11.8 Å². The molecule has 13 heavy (non-hydrogen) atoms. The van der Waals surface area contributed by atoms with Crippen molar-refractivity contribution < 1.29 is 4.79 Å². The molecular weight excluding hydrogens is 184 g/mol. The second-order valence-electron chi connectivity index (χ2n) is 3.07. The van der Waals surface area contributed by atoms with Gasteiger partial charge < -0.3 is 10.6 Å². The summed E-state index contributed by atoms with van der Waals surface area (Å²) in [6.07, 6.45) is 8.64. The Hall–Kier alpha value is -0.740. The van der Waals surface area contributed by atoms with Crippen LogP contribution in [-0.4, -0.2) is 28.0 Å². The van der Waals surface area contributed by atoms with Gasteiger partial charge >= 0.3 is 0 Å². The van der Waals surface area contributed by atoms with E-state index < -0.39 is 0 Å². The fraction of sp³-hybridized carbons (Fsp3) is 0.444. The molecule has 2 N–H and O–H groups in total. The van der Waals surface area contributed by atoms with E-state index in [0.29, 0.717) is 23.6 Å². The van der Waals surface area contributed by atoms with E-state index >= 15 is 0 Å². The lowest BCUT2D eigenvalue weighted by Crippen LogP contribution is -2.49. The Morgan fingerprint density at radius 2 is 2.62 bits per heavy atom. The first-order valence-electron chi connectivity index (χ1n) is 4.33. The molecule has 70 valence electrons. The van der Waals surface area contributed by atoms with Crippen LogP contribution in [-0.2, 0) is 4.79 Å². The third kappa shape index (κ3) is 1.64. The predicted octanol–water partition coefficient (Wildman–Crippen LogP) is 0.689. The first kappa shape index (κ1) is 8.84. The molecule has 0 bridgehead atoms. The first-order valence-corrected chi connectivity index (χ1v) is 5.27. The third-order valence-electron chi connectivity index (χ3n) is 2.16. The van der Waals surface area contributed by atoms with Gasteiger partial charge in [-0.3, -0.25) is 4.79 Å². The number of hydrogen-bond acceptors (Lipinski definition) is 3. The maximum atomic E-state index is 11.0. The number of hydrogen-bond donors (Lipinski definition) is 1. The average molecular weight is 196 g/mol. The molecule has 0 aromatic carbocycles. The fourth-order valence-corrected chi connectivity index (χ4v) is 2.70. The monoisotopic (exact) mass is 196 g/mol. The van der Waals surface area contributed by atoms with Gasteiger partial charge in [0.05, 0.1) is 11.8 Å². The number of carbonyl (C=O) groups excluding carboxylic acids is 1. The maximum Gasteiger partial charge on any atom is 0.230 e. The third-order valence-corrected chi connectivity index (χ3v) is 3.50. The van der Waals surface area contributed by atoms with E-state index in [1.807, 2.05) is 18.4 Å².